The fourth-order valence-corrected chi connectivity index (χ4v) is 2.73. The van der Waals surface area contributed by atoms with Crippen LogP contribution in [0.1, 0.15) is 58.8 Å². The second kappa shape index (κ2) is 6.41. The quantitative estimate of drug-likeness (QED) is 0.509. The molecule has 1 fully saturated rings. The molecule has 1 rings (SSSR count). The van der Waals surface area contributed by atoms with Gasteiger partial charge < -0.3 is 0 Å². The molecule has 2 atom stereocenters. The van der Waals surface area contributed by atoms with E-state index in [4.69, 9.17) is 5.84 Å². The van der Waals surface area contributed by atoms with Crippen LogP contribution in [0.15, 0.2) is 0 Å². The number of nitrogens with two attached hydrogens (primary N) is 1. The van der Waals surface area contributed by atoms with Crippen LogP contribution in [-0.4, -0.2) is 6.04 Å². The van der Waals surface area contributed by atoms with Gasteiger partial charge in [0.1, 0.15) is 0 Å². The Kier molecular flexibility index (Phi) is 5.49. The van der Waals surface area contributed by atoms with Gasteiger partial charge in [-0.15, -0.1) is 0 Å². The van der Waals surface area contributed by atoms with Crippen molar-refractivity contribution >= 4 is 0 Å². The molecule has 14 heavy (non-hydrogen) atoms. The fraction of sp³-hybridized carbons (Fsp3) is 1.00. The molecule has 84 valence electrons. The zero-order valence-electron chi connectivity index (χ0n) is 9.76. The van der Waals surface area contributed by atoms with Crippen LogP contribution in [0.5, 0.6) is 0 Å². The van der Waals surface area contributed by atoms with Crippen molar-refractivity contribution in [3.8, 4) is 0 Å². The van der Waals surface area contributed by atoms with Crippen LogP contribution in [0.3, 0.4) is 0 Å². The minimum atomic E-state index is 0.540. The van der Waals surface area contributed by atoms with Crippen LogP contribution in [0, 0.1) is 11.8 Å². The summed E-state index contributed by atoms with van der Waals surface area (Å²) in [7, 11) is 0. The zero-order valence-corrected chi connectivity index (χ0v) is 9.76. The van der Waals surface area contributed by atoms with Crippen molar-refractivity contribution in [2.45, 2.75) is 64.8 Å². The van der Waals surface area contributed by atoms with E-state index in [1.54, 1.807) is 0 Å². The van der Waals surface area contributed by atoms with Gasteiger partial charge in [-0.05, 0) is 24.7 Å². The topological polar surface area (TPSA) is 38.0 Å². The predicted molar refractivity (Wildman–Crippen MR) is 61.8 cm³/mol. The number of rotatable bonds is 6. The molecule has 1 aliphatic rings. The summed E-state index contributed by atoms with van der Waals surface area (Å²) in [6, 6.07) is 0.540. The van der Waals surface area contributed by atoms with Crippen molar-refractivity contribution in [3.05, 3.63) is 0 Å². The molecular weight excluding hydrogens is 172 g/mol. The van der Waals surface area contributed by atoms with Crippen LogP contribution < -0.4 is 11.3 Å². The molecule has 3 N–H and O–H groups in total. The largest absolute Gasteiger partial charge is 0.271 e. The highest BCUT2D eigenvalue weighted by atomic mass is 15.2. The first kappa shape index (κ1) is 12.0. The average Bonchev–Trinajstić information content (AvgIpc) is 2.66. The van der Waals surface area contributed by atoms with E-state index in [1.165, 1.54) is 44.9 Å². The molecule has 0 saturated heterocycles. The summed E-state index contributed by atoms with van der Waals surface area (Å²) in [5, 5.41) is 0. The van der Waals surface area contributed by atoms with Crippen molar-refractivity contribution in [2.24, 2.45) is 17.7 Å². The summed E-state index contributed by atoms with van der Waals surface area (Å²) in [5.74, 6) is 7.30. The number of hydrogen-bond acceptors (Lipinski definition) is 2. The SMILES string of the molecule is CCCC(C)C(CC1CCCC1)NN. The first-order valence-electron chi connectivity index (χ1n) is 6.24. The van der Waals surface area contributed by atoms with Gasteiger partial charge in [-0.3, -0.25) is 11.3 Å². The number of hydrogen-bond donors (Lipinski definition) is 2. The van der Waals surface area contributed by atoms with Crippen molar-refractivity contribution in [3.63, 3.8) is 0 Å². The van der Waals surface area contributed by atoms with E-state index < -0.39 is 0 Å². The number of hydrazine groups is 1. The van der Waals surface area contributed by atoms with Crippen LogP contribution in [0.4, 0.5) is 0 Å². The van der Waals surface area contributed by atoms with Crippen LogP contribution >= 0.6 is 0 Å². The average molecular weight is 198 g/mol. The smallest absolute Gasteiger partial charge is 0.0238 e. The van der Waals surface area contributed by atoms with Gasteiger partial charge >= 0.3 is 0 Å². The summed E-state index contributed by atoms with van der Waals surface area (Å²) in [6.45, 7) is 4.57. The van der Waals surface area contributed by atoms with Gasteiger partial charge in [0.2, 0.25) is 0 Å². The highest BCUT2D eigenvalue weighted by Crippen LogP contribution is 2.30. The van der Waals surface area contributed by atoms with Gasteiger partial charge in [-0.2, -0.15) is 0 Å². The molecule has 0 heterocycles. The van der Waals surface area contributed by atoms with Crippen LogP contribution in [0.2, 0.25) is 0 Å². The van der Waals surface area contributed by atoms with E-state index in [-0.39, 0.29) is 0 Å². The third-order valence-corrected chi connectivity index (χ3v) is 3.71. The molecule has 0 amide bonds. The molecule has 2 heteroatoms. The highest BCUT2D eigenvalue weighted by Gasteiger charge is 2.22. The van der Waals surface area contributed by atoms with Gasteiger partial charge in [0, 0.05) is 6.04 Å². The minimum Gasteiger partial charge on any atom is -0.271 e. The Hall–Kier alpha value is -0.0800. The van der Waals surface area contributed by atoms with Crippen molar-refractivity contribution in [1.29, 1.82) is 0 Å². The van der Waals surface area contributed by atoms with Crippen molar-refractivity contribution < 1.29 is 0 Å². The lowest BCUT2D eigenvalue weighted by Gasteiger charge is -2.25. The van der Waals surface area contributed by atoms with Gasteiger partial charge in [0.25, 0.3) is 0 Å². The third kappa shape index (κ3) is 3.58. The normalized spacial score (nSPS) is 22.5. The van der Waals surface area contributed by atoms with E-state index in [2.05, 4.69) is 19.3 Å². The maximum absolute atomic E-state index is 5.63. The Bertz CT molecular complexity index is 141. The van der Waals surface area contributed by atoms with E-state index in [0.717, 1.165) is 11.8 Å². The van der Waals surface area contributed by atoms with Crippen molar-refractivity contribution in [1.82, 2.24) is 5.43 Å². The van der Waals surface area contributed by atoms with E-state index in [9.17, 15) is 0 Å². The third-order valence-electron chi connectivity index (χ3n) is 3.71. The van der Waals surface area contributed by atoms with Crippen LogP contribution in [-0.2, 0) is 0 Å². The lowest BCUT2D eigenvalue weighted by Crippen LogP contribution is -2.41. The molecular formula is C12H26N2. The Morgan fingerprint density at radius 2 is 2.00 bits per heavy atom. The van der Waals surface area contributed by atoms with Crippen molar-refractivity contribution in [2.75, 3.05) is 0 Å². The van der Waals surface area contributed by atoms with Gasteiger partial charge in [-0.25, -0.2) is 0 Å². The Balaban J connectivity index is 2.29. The zero-order chi connectivity index (χ0) is 10.4. The molecule has 0 radical (unpaired) electrons. The molecule has 2 nitrogen and oxygen atoms in total. The van der Waals surface area contributed by atoms with Gasteiger partial charge in [0.15, 0.2) is 0 Å². The molecule has 1 aliphatic carbocycles. The Labute approximate surface area is 88.6 Å². The maximum Gasteiger partial charge on any atom is 0.0238 e. The summed E-state index contributed by atoms with van der Waals surface area (Å²) >= 11 is 0. The van der Waals surface area contributed by atoms with Gasteiger partial charge in [-0.1, -0.05) is 46.0 Å². The monoisotopic (exact) mass is 198 g/mol. The van der Waals surface area contributed by atoms with Crippen LogP contribution in [0.25, 0.3) is 0 Å². The first-order valence-corrected chi connectivity index (χ1v) is 6.24. The molecule has 0 aromatic heterocycles. The Morgan fingerprint density at radius 3 is 2.50 bits per heavy atom. The van der Waals surface area contributed by atoms with Gasteiger partial charge in [0.05, 0.1) is 0 Å². The second-order valence-corrected chi connectivity index (χ2v) is 4.93. The number of nitrogens with one attached hydrogen (secondary N) is 1. The summed E-state index contributed by atoms with van der Waals surface area (Å²) in [4.78, 5) is 0. The molecule has 1 saturated carbocycles. The molecule has 0 aromatic rings. The molecule has 0 aliphatic heterocycles. The predicted octanol–water partition coefficient (Wildman–Crippen LogP) is 2.83. The highest BCUT2D eigenvalue weighted by molar-refractivity contribution is 4.77. The molecule has 0 aromatic carbocycles. The lowest BCUT2D eigenvalue weighted by atomic mass is 9.88. The molecule has 2 unspecified atom stereocenters. The first-order chi connectivity index (χ1) is 6.77. The molecule has 0 bridgehead atoms. The maximum atomic E-state index is 5.63. The van der Waals surface area contributed by atoms with E-state index in [1.807, 2.05) is 0 Å². The summed E-state index contributed by atoms with van der Waals surface area (Å²) < 4.78 is 0. The summed E-state index contributed by atoms with van der Waals surface area (Å²) in [6.07, 6.45) is 9.57. The summed E-state index contributed by atoms with van der Waals surface area (Å²) in [5.41, 5.74) is 3.01. The standard InChI is InChI=1S/C12H26N2/c1-3-6-10(2)12(14-13)9-11-7-4-5-8-11/h10-12,14H,3-9,13H2,1-2H3. The fourth-order valence-electron chi connectivity index (χ4n) is 2.73. The lowest BCUT2D eigenvalue weighted by molar-refractivity contribution is 0.296. The Morgan fingerprint density at radius 1 is 1.36 bits per heavy atom. The second-order valence-electron chi connectivity index (χ2n) is 4.93. The van der Waals surface area contributed by atoms with E-state index in [0.29, 0.717) is 6.04 Å². The minimum absolute atomic E-state index is 0.540. The molecule has 0 spiro atoms. The van der Waals surface area contributed by atoms with E-state index >= 15 is 0 Å².